The Morgan fingerprint density at radius 3 is 2.40 bits per heavy atom. The predicted octanol–water partition coefficient (Wildman–Crippen LogP) is 4.43. The fourth-order valence-corrected chi connectivity index (χ4v) is 7.74. The van der Waals surface area contributed by atoms with Crippen LogP contribution in [-0.4, -0.2) is 46.8 Å². The van der Waals surface area contributed by atoms with Crippen LogP contribution in [0.15, 0.2) is 60.2 Å². The van der Waals surface area contributed by atoms with E-state index in [-0.39, 0.29) is 29.4 Å². The topological polar surface area (TPSA) is 104 Å². The number of imide groups is 2. The molecule has 6 atom stereocenters. The van der Waals surface area contributed by atoms with Gasteiger partial charge in [0.05, 0.1) is 35.5 Å². The number of hydrogen-bond donors (Lipinski definition) is 1. The maximum absolute atomic E-state index is 14.4. The highest BCUT2D eigenvalue weighted by Crippen LogP contribution is 2.64. The van der Waals surface area contributed by atoms with Gasteiger partial charge in [0.25, 0.3) is 0 Å². The minimum absolute atomic E-state index is 0.0714. The van der Waals surface area contributed by atoms with E-state index in [1.807, 2.05) is 32.9 Å². The van der Waals surface area contributed by atoms with Gasteiger partial charge in [-0.05, 0) is 57.2 Å². The number of rotatable bonds is 6. The zero-order chi connectivity index (χ0) is 28.3. The van der Waals surface area contributed by atoms with Crippen LogP contribution in [-0.2, 0) is 19.2 Å². The molecule has 2 aliphatic carbocycles. The Bertz CT molecular complexity index is 1430. The molecular formula is C32H34N2O6. The van der Waals surface area contributed by atoms with E-state index in [0.717, 1.165) is 5.57 Å². The maximum atomic E-state index is 14.4. The van der Waals surface area contributed by atoms with Crippen LogP contribution in [0.2, 0.25) is 0 Å². The summed E-state index contributed by atoms with van der Waals surface area (Å²) in [5.41, 5.74) is 0.625. The summed E-state index contributed by atoms with van der Waals surface area (Å²) in [6.07, 6.45) is 3.34. The van der Waals surface area contributed by atoms with Crippen LogP contribution in [0.3, 0.4) is 0 Å². The molecule has 3 fully saturated rings. The van der Waals surface area contributed by atoms with E-state index in [2.05, 4.69) is 0 Å². The number of para-hydroxylation sites is 2. The number of hydrogen-bond acceptors (Lipinski definition) is 6. The van der Waals surface area contributed by atoms with Gasteiger partial charge in [0.2, 0.25) is 23.6 Å². The van der Waals surface area contributed by atoms with Gasteiger partial charge in [-0.15, -0.1) is 0 Å². The largest absolute Gasteiger partial charge is 0.504 e. The van der Waals surface area contributed by atoms with Gasteiger partial charge in [0.1, 0.15) is 0 Å². The number of phenolic OH excluding ortho intramolecular Hbond substituents is 1. The number of fused-ring (bicyclic) bond motifs is 4. The monoisotopic (exact) mass is 542 g/mol. The molecule has 0 spiro atoms. The van der Waals surface area contributed by atoms with Crippen molar-refractivity contribution in [2.75, 3.05) is 18.1 Å². The molecule has 0 unspecified atom stereocenters. The van der Waals surface area contributed by atoms with Crippen LogP contribution in [0.5, 0.6) is 11.5 Å². The molecular weight excluding hydrogens is 508 g/mol. The summed E-state index contributed by atoms with van der Waals surface area (Å²) in [6, 6.07) is 14.1. The van der Waals surface area contributed by atoms with Gasteiger partial charge in [-0.25, -0.2) is 4.90 Å². The smallest absolute Gasteiger partial charge is 0.241 e. The van der Waals surface area contributed by atoms with Crippen molar-refractivity contribution < 1.29 is 29.0 Å². The number of anilines is 1. The molecule has 4 amide bonds. The number of allylic oxidation sites excluding steroid dienone is 2. The van der Waals surface area contributed by atoms with Crippen LogP contribution in [0.25, 0.3) is 0 Å². The van der Waals surface area contributed by atoms with Crippen molar-refractivity contribution in [3.8, 4) is 11.5 Å². The number of aromatic hydroxyl groups is 1. The van der Waals surface area contributed by atoms with E-state index in [9.17, 15) is 24.3 Å². The minimum atomic E-state index is -1.21. The highest BCUT2D eigenvalue weighted by atomic mass is 16.5. The van der Waals surface area contributed by atoms with E-state index < -0.39 is 35.0 Å². The Kier molecular flexibility index (Phi) is 6.32. The first-order chi connectivity index (χ1) is 19.2. The minimum Gasteiger partial charge on any atom is -0.504 e. The molecule has 4 aliphatic rings. The molecule has 8 heteroatoms. The Hall–Kier alpha value is -3.94. The standard InChI is InChI=1S/C32H34N2O6/c1-4-16-33-28(36)20-15-14-19-22(25(20)30(33)38)17-23-29(37)34(18-10-7-6-8-11-18)31(39)32(23,3)26(19)21-12-9-13-24(27(21)35)40-5-2/h6-14,20,22-23,25-26,35H,4-5,15-17H2,1-3H3/t20-,22+,23-,25-,26+,32+/m0/s1. The Morgan fingerprint density at radius 2 is 1.70 bits per heavy atom. The van der Waals surface area contributed by atoms with Crippen LogP contribution in [0.4, 0.5) is 5.69 Å². The van der Waals surface area contributed by atoms with Crippen molar-refractivity contribution in [2.24, 2.45) is 29.1 Å². The maximum Gasteiger partial charge on any atom is 0.241 e. The molecule has 0 radical (unpaired) electrons. The third kappa shape index (κ3) is 3.50. The summed E-state index contributed by atoms with van der Waals surface area (Å²) in [7, 11) is 0. The molecule has 8 nitrogen and oxygen atoms in total. The Morgan fingerprint density at radius 1 is 0.950 bits per heavy atom. The molecule has 2 aromatic carbocycles. The van der Waals surface area contributed by atoms with Gasteiger partial charge in [-0.3, -0.25) is 24.1 Å². The Balaban J connectivity index is 1.54. The first-order valence-electron chi connectivity index (χ1n) is 14.2. The molecule has 2 heterocycles. The van der Waals surface area contributed by atoms with E-state index in [0.29, 0.717) is 49.4 Å². The van der Waals surface area contributed by atoms with Crippen LogP contribution >= 0.6 is 0 Å². The average molecular weight is 543 g/mol. The molecule has 208 valence electrons. The molecule has 0 bridgehead atoms. The summed E-state index contributed by atoms with van der Waals surface area (Å²) in [5, 5.41) is 11.4. The first kappa shape index (κ1) is 26.3. The van der Waals surface area contributed by atoms with Crippen molar-refractivity contribution in [3.05, 3.63) is 65.7 Å². The van der Waals surface area contributed by atoms with Crippen LogP contribution < -0.4 is 9.64 Å². The van der Waals surface area contributed by atoms with Crippen molar-refractivity contribution in [1.29, 1.82) is 0 Å². The molecule has 2 saturated heterocycles. The number of carbonyl (C=O) groups excluding carboxylic acids is 4. The second kappa shape index (κ2) is 9.61. The Labute approximate surface area is 233 Å². The summed E-state index contributed by atoms with van der Waals surface area (Å²) in [5.74, 6) is -3.63. The number of likely N-dealkylation sites (tertiary alicyclic amines) is 1. The average Bonchev–Trinajstić information content (AvgIpc) is 3.31. The van der Waals surface area contributed by atoms with Crippen LogP contribution in [0, 0.1) is 29.1 Å². The van der Waals surface area contributed by atoms with E-state index in [1.54, 1.807) is 42.5 Å². The lowest BCUT2D eigenvalue weighted by atomic mass is 9.51. The highest BCUT2D eigenvalue weighted by Gasteiger charge is 2.67. The second-order valence-electron chi connectivity index (χ2n) is 11.5. The second-order valence-corrected chi connectivity index (χ2v) is 11.5. The summed E-state index contributed by atoms with van der Waals surface area (Å²) < 4.78 is 5.69. The fraction of sp³-hybridized carbons (Fsp3) is 0.438. The van der Waals surface area contributed by atoms with Gasteiger partial charge < -0.3 is 9.84 Å². The normalized spacial score (nSPS) is 31.2. The van der Waals surface area contributed by atoms with Crippen molar-refractivity contribution in [2.45, 2.75) is 46.0 Å². The predicted molar refractivity (Wildman–Crippen MR) is 147 cm³/mol. The van der Waals surface area contributed by atoms with Crippen molar-refractivity contribution in [1.82, 2.24) is 4.90 Å². The van der Waals surface area contributed by atoms with Crippen molar-refractivity contribution in [3.63, 3.8) is 0 Å². The zero-order valence-corrected chi connectivity index (χ0v) is 23.0. The summed E-state index contributed by atoms with van der Waals surface area (Å²) >= 11 is 0. The van der Waals surface area contributed by atoms with E-state index >= 15 is 0 Å². The quantitative estimate of drug-likeness (QED) is 0.428. The lowest BCUT2D eigenvalue weighted by Gasteiger charge is -2.49. The molecule has 2 aromatic rings. The summed E-state index contributed by atoms with van der Waals surface area (Å²) in [4.78, 5) is 58.1. The van der Waals surface area contributed by atoms with Gasteiger partial charge in [0, 0.05) is 18.0 Å². The van der Waals surface area contributed by atoms with Gasteiger partial charge in [-0.2, -0.15) is 0 Å². The third-order valence-corrected chi connectivity index (χ3v) is 9.47. The number of ether oxygens (including phenoxy) is 1. The summed E-state index contributed by atoms with van der Waals surface area (Å²) in [6.45, 7) is 6.29. The van der Waals surface area contributed by atoms with E-state index in [4.69, 9.17) is 4.74 Å². The molecule has 40 heavy (non-hydrogen) atoms. The number of nitrogens with zero attached hydrogens (tertiary/aromatic N) is 2. The van der Waals surface area contributed by atoms with E-state index in [1.165, 1.54) is 9.80 Å². The van der Waals surface area contributed by atoms with Gasteiger partial charge in [0.15, 0.2) is 11.5 Å². The first-order valence-corrected chi connectivity index (χ1v) is 14.2. The number of amides is 4. The van der Waals surface area contributed by atoms with Gasteiger partial charge >= 0.3 is 0 Å². The van der Waals surface area contributed by atoms with Crippen molar-refractivity contribution >= 4 is 29.3 Å². The highest BCUT2D eigenvalue weighted by molar-refractivity contribution is 6.24. The zero-order valence-electron chi connectivity index (χ0n) is 23.0. The lowest BCUT2D eigenvalue weighted by Crippen LogP contribution is -2.48. The third-order valence-electron chi connectivity index (χ3n) is 9.47. The molecule has 1 saturated carbocycles. The molecule has 2 aliphatic heterocycles. The fourth-order valence-electron chi connectivity index (χ4n) is 7.74. The lowest BCUT2D eigenvalue weighted by molar-refractivity contribution is -0.140. The molecule has 6 rings (SSSR count). The van der Waals surface area contributed by atoms with Gasteiger partial charge in [-0.1, -0.05) is 48.9 Å². The number of phenols is 1. The SMILES string of the molecule is CCCN1C(=O)[C@H]2[C@H](CC=C3[C@H]2C[C@H]2C(=O)N(c4ccccc4)C(=O)[C@@]2(C)[C@H]3c2cccc(OCC)c2O)C1=O. The van der Waals surface area contributed by atoms with Crippen LogP contribution in [0.1, 0.15) is 51.5 Å². The molecule has 1 N–H and O–H groups in total. The number of carbonyl (C=O) groups is 4. The molecule has 0 aromatic heterocycles. The number of benzene rings is 2.